The summed E-state index contributed by atoms with van der Waals surface area (Å²) in [4.78, 5) is 33.4. The molecule has 12 heteroatoms. The van der Waals surface area contributed by atoms with Crippen molar-refractivity contribution in [3.63, 3.8) is 0 Å². The van der Waals surface area contributed by atoms with Crippen LogP contribution in [0.4, 0.5) is 31.0 Å². The molecule has 41 heavy (non-hydrogen) atoms. The summed E-state index contributed by atoms with van der Waals surface area (Å²) in [6.45, 7) is 13.6. The smallest absolute Gasteiger partial charge is 0.410 e. The van der Waals surface area contributed by atoms with Gasteiger partial charge in [0.15, 0.2) is 5.82 Å². The highest BCUT2D eigenvalue weighted by Crippen LogP contribution is 2.32. The van der Waals surface area contributed by atoms with E-state index in [0.29, 0.717) is 48.9 Å². The van der Waals surface area contributed by atoms with Gasteiger partial charge in [0.25, 0.3) is 0 Å². The van der Waals surface area contributed by atoms with Crippen LogP contribution in [-0.2, 0) is 4.74 Å². The Morgan fingerprint density at radius 1 is 0.976 bits per heavy atom. The maximum absolute atomic E-state index is 15.0. The number of aryl methyl sites for hydroxylation is 1. The Balaban J connectivity index is 1.30. The maximum Gasteiger partial charge on any atom is 0.410 e. The number of pyridine rings is 1. The molecule has 4 heterocycles. The molecule has 0 radical (unpaired) electrons. The first kappa shape index (κ1) is 28.2. The lowest BCUT2D eigenvalue weighted by Gasteiger charge is -2.36. The summed E-state index contributed by atoms with van der Waals surface area (Å²) >= 11 is 0. The van der Waals surface area contributed by atoms with Gasteiger partial charge >= 0.3 is 6.09 Å². The minimum Gasteiger partial charge on any atom is -0.444 e. The molecule has 1 fully saturated rings. The van der Waals surface area contributed by atoms with Gasteiger partial charge in [-0.2, -0.15) is 0 Å². The van der Waals surface area contributed by atoms with Crippen LogP contribution < -0.4 is 10.2 Å². The number of aromatic nitrogens is 5. The monoisotopic (exact) mass is 564 g/mol. The Morgan fingerprint density at radius 2 is 1.66 bits per heavy atom. The fourth-order valence-electron chi connectivity index (χ4n) is 4.94. The molecule has 1 amide bonds. The number of amides is 1. The Kier molecular flexibility index (Phi) is 7.50. The highest BCUT2D eigenvalue weighted by molar-refractivity contribution is 5.84. The second-order valence-electron chi connectivity index (χ2n) is 11.3. The molecule has 4 aromatic rings. The van der Waals surface area contributed by atoms with E-state index >= 15 is 4.39 Å². The number of carbonyl (C=O) groups is 1. The summed E-state index contributed by atoms with van der Waals surface area (Å²) in [5.41, 5.74) is 1.70. The molecule has 0 bridgehead atoms. The summed E-state index contributed by atoms with van der Waals surface area (Å²) < 4.78 is 37.3. The van der Waals surface area contributed by atoms with Gasteiger partial charge in [0.1, 0.15) is 28.6 Å². The maximum atomic E-state index is 15.0. The van der Waals surface area contributed by atoms with Gasteiger partial charge < -0.3 is 24.4 Å². The quantitative estimate of drug-likeness (QED) is 0.322. The van der Waals surface area contributed by atoms with Crippen LogP contribution in [0.2, 0.25) is 0 Å². The predicted octanol–water partition coefficient (Wildman–Crippen LogP) is 5.86. The number of nitrogens with zero attached hydrogens (tertiary/aromatic N) is 7. The molecule has 1 aliphatic rings. The van der Waals surface area contributed by atoms with Gasteiger partial charge in [-0.3, -0.25) is 0 Å². The van der Waals surface area contributed by atoms with Gasteiger partial charge in [-0.15, -0.1) is 0 Å². The highest BCUT2D eigenvalue weighted by Gasteiger charge is 2.26. The lowest BCUT2D eigenvalue weighted by molar-refractivity contribution is 0.0240. The topological polar surface area (TPSA) is 101 Å². The molecule has 0 unspecified atom stereocenters. The molecule has 0 spiro atoms. The minimum atomic E-state index is -0.580. The summed E-state index contributed by atoms with van der Waals surface area (Å²) in [5.74, 6) is 0.185. The molecule has 3 aromatic heterocycles. The number of nitrogens with one attached hydrogen (secondary N) is 1. The molecule has 1 saturated heterocycles. The average molecular weight is 565 g/mol. The number of benzene rings is 1. The molecular weight excluding hydrogens is 530 g/mol. The van der Waals surface area contributed by atoms with E-state index in [0.717, 1.165) is 11.9 Å². The molecule has 10 nitrogen and oxygen atoms in total. The van der Waals surface area contributed by atoms with E-state index in [1.807, 2.05) is 46.1 Å². The van der Waals surface area contributed by atoms with Crippen molar-refractivity contribution < 1.29 is 18.3 Å². The Hall–Kier alpha value is -4.35. The molecule has 5 rings (SSSR count). The van der Waals surface area contributed by atoms with Crippen molar-refractivity contribution >= 4 is 34.6 Å². The highest BCUT2D eigenvalue weighted by atomic mass is 19.1. The normalized spacial score (nSPS) is 14.2. The average Bonchev–Trinajstić information content (AvgIpc) is 3.26. The predicted molar refractivity (Wildman–Crippen MR) is 153 cm³/mol. The first-order valence-corrected chi connectivity index (χ1v) is 13.6. The van der Waals surface area contributed by atoms with Crippen molar-refractivity contribution in [2.24, 2.45) is 0 Å². The Morgan fingerprint density at radius 3 is 2.29 bits per heavy atom. The van der Waals surface area contributed by atoms with Gasteiger partial charge in [-0.1, -0.05) is 0 Å². The number of hydrogen-bond acceptors (Lipinski definition) is 8. The van der Waals surface area contributed by atoms with E-state index in [9.17, 15) is 9.18 Å². The zero-order chi connectivity index (χ0) is 29.5. The van der Waals surface area contributed by atoms with Crippen molar-refractivity contribution in [2.45, 2.75) is 53.2 Å². The van der Waals surface area contributed by atoms with E-state index < -0.39 is 17.2 Å². The number of carbonyl (C=O) groups excluding carboxylic acids is 1. The fourth-order valence-corrected chi connectivity index (χ4v) is 4.94. The summed E-state index contributed by atoms with van der Waals surface area (Å²) in [6.07, 6.45) is 4.13. The molecule has 0 saturated carbocycles. The lowest BCUT2D eigenvalue weighted by Crippen LogP contribution is -2.50. The number of rotatable bonds is 5. The van der Waals surface area contributed by atoms with Gasteiger partial charge in [0.05, 0.1) is 29.8 Å². The number of anilines is 3. The van der Waals surface area contributed by atoms with Gasteiger partial charge in [0, 0.05) is 37.8 Å². The van der Waals surface area contributed by atoms with E-state index in [1.165, 1.54) is 12.1 Å². The first-order valence-electron chi connectivity index (χ1n) is 13.6. The number of piperazine rings is 1. The Bertz CT molecular complexity index is 1570. The summed E-state index contributed by atoms with van der Waals surface area (Å²) in [7, 11) is 0. The molecule has 1 N–H and O–H groups in total. The van der Waals surface area contributed by atoms with Crippen LogP contribution in [0, 0.1) is 18.6 Å². The van der Waals surface area contributed by atoms with Crippen LogP contribution in [0.3, 0.4) is 0 Å². The molecule has 0 atom stereocenters. The molecule has 1 aliphatic heterocycles. The second-order valence-corrected chi connectivity index (χ2v) is 11.3. The summed E-state index contributed by atoms with van der Waals surface area (Å²) in [6, 6.07) is 4.60. The summed E-state index contributed by atoms with van der Waals surface area (Å²) in [5, 5.41) is 3.00. The number of imidazole rings is 1. The van der Waals surface area contributed by atoms with Crippen molar-refractivity contribution in [3.8, 4) is 11.1 Å². The number of hydrogen-bond donors (Lipinski definition) is 1. The van der Waals surface area contributed by atoms with Gasteiger partial charge in [0.2, 0.25) is 5.95 Å². The zero-order valence-corrected chi connectivity index (χ0v) is 24.1. The van der Waals surface area contributed by atoms with E-state index in [2.05, 4.69) is 30.2 Å². The van der Waals surface area contributed by atoms with Gasteiger partial charge in [-0.25, -0.2) is 33.5 Å². The van der Waals surface area contributed by atoms with Crippen LogP contribution in [0.5, 0.6) is 0 Å². The van der Waals surface area contributed by atoms with Crippen molar-refractivity contribution in [1.82, 2.24) is 29.4 Å². The minimum absolute atomic E-state index is 0.0585. The van der Waals surface area contributed by atoms with Gasteiger partial charge in [-0.05, 0) is 65.3 Å². The van der Waals surface area contributed by atoms with Crippen LogP contribution in [0.15, 0.2) is 36.8 Å². The van der Waals surface area contributed by atoms with Crippen molar-refractivity contribution in [3.05, 3.63) is 54.2 Å². The molecular formula is C29H34F2N8O2. The third-order valence-corrected chi connectivity index (χ3v) is 6.78. The van der Waals surface area contributed by atoms with Crippen molar-refractivity contribution in [2.75, 3.05) is 36.4 Å². The third-order valence-electron chi connectivity index (χ3n) is 6.78. The largest absolute Gasteiger partial charge is 0.444 e. The fraction of sp³-hybridized carbons (Fsp3) is 0.414. The number of fused-ring (bicyclic) bond motifs is 1. The zero-order valence-electron chi connectivity index (χ0n) is 24.1. The number of ether oxygens (including phenoxy) is 1. The van der Waals surface area contributed by atoms with Crippen molar-refractivity contribution in [1.29, 1.82) is 0 Å². The van der Waals surface area contributed by atoms with Crippen LogP contribution in [-0.4, -0.2) is 67.3 Å². The molecule has 216 valence electrons. The van der Waals surface area contributed by atoms with Crippen LogP contribution in [0.1, 0.15) is 46.5 Å². The third kappa shape index (κ3) is 6.06. The standard InChI is InChI=1S/C29H34F2N8O2/c1-17(2)39-18(3)35-26-22(30)11-19(12-24(26)39)21-13-25(32-16-23(21)31)36-27-33-14-20(15-34-27)37-7-9-38(10-8-37)28(40)41-29(4,5)6/h11-17H,7-10H2,1-6H3,(H,32,33,34,36). The molecule has 0 aliphatic carbocycles. The second kappa shape index (κ2) is 10.9. The van der Waals surface area contributed by atoms with Crippen LogP contribution >= 0.6 is 0 Å². The SMILES string of the molecule is Cc1nc2c(F)cc(-c3cc(Nc4ncc(N5CCN(C(=O)OC(C)(C)C)CC5)cn4)ncc3F)cc2n1C(C)C. The number of halogens is 2. The molecule has 1 aromatic carbocycles. The first-order chi connectivity index (χ1) is 19.4. The van der Waals surface area contributed by atoms with E-state index in [4.69, 9.17) is 4.74 Å². The Labute approximate surface area is 237 Å². The lowest BCUT2D eigenvalue weighted by atomic mass is 10.0. The van der Waals surface area contributed by atoms with Crippen LogP contribution in [0.25, 0.3) is 22.2 Å². The van der Waals surface area contributed by atoms with E-state index in [-0.39, 0.29) is 29.2 Å². The van der Waals surface area contributed by atoms with E-state index in [1.54, 1.807) is 23.4 Å².